The molecule has 154 valence electrons. The molecule has 29 heavy (non-hydrogen) atoms. The second-order valence-corrected chi connectivity index (χ2v) is 8.05. The molecule has 1 aliphatic carbocycles. The lowest BCUT2D eigenvalue weighted by atomic mass is 9.89. The summed E-state index contributed by atoms with van der Waals surface area (Å²) in [6, 6.07) is 14.9. The number of rotatable bonds is 5. The Morgan fingerprint density at radius 3 is 2.52 bits per heavy atom. The van der Waals surface area contributed by atoms with Crippen molar-refractivity contribution >= 4 is 11.7 Å². The van der Waals surface area contributed by atoms with Crippen LogP contribution in [0.5, 0.6) is 0 Å². The molecule has 1 unspecified atom stereocenters. The van der Waals surface area contributed by atoms with Crippen LogP contribution < -0.4 is 15.5 Å². The molecule has 1 aliphatic heterocycles. The third kappa shape index (κ3) is 5.10. The zero-order chi connectivity index (χ0) is 20.1. The summed E-state index contributed by atoms with van der Waals surface area (Å²) in [6.45, 7) is 5.99. The Labute approximate surface area is 173 Å². The van der Waals surface area contributed by atoms with E-state index in [9.17, 15) is 4.79 Å². The van der Waals surface area contributed by atoms with Gasteiger partial charge in [0, 0.05) is 25.3 Å². The summed E-state index contributed by atoms with van der Waals surface area (Å²) in [5.41, 5.74) is 6.40. The van der Waals surface area contributed by atoms with Crippen LogP contribution in [0.2, 0.25) is 0 Å². The fourth-order valence-electron chi connectivity index (χ4n) is 4.18. The topological polar surface area (TPSA) is 53.6 Å². The zero-order valence-electron chi connectivity index (χ0n) is 17.2. The van der Waals surface area contributed by atoms with Gasteiger partial charge in [0.2, 0.25) is 0 Å². The Morgan fingerprint density at radius 1 is 1.03 bits per heavy atom. The number of anilines is 1. The largest absolute Gasteiger partial charge is 0.378 e. The van der Waals surface area contributed by atoms with Crippen molar-refractivity contribution in [3.05, 3.63) is 64.7 Å². The molecule has 2 amide bonds. The van der Waals surface area contributed by atoms with E-state index in [2.05, 4.69) is 58.0 Å². The van der Waals surface area contributed by atoms with E-state index < -0.39 is 0 Å². The number of carbonyl (C=O) groups excluding carboxylic acids is 1. The van der Waals surface area contributed by atoms with Crippen LogP contribution >= 0.6 is 0 Å². The molecule has 1 heterocycles. The minimum absolute atomic E-state index is 0.00840. The van der Waals surface area contributed by atoms with Crippen LogP contribution in [0.3, 0.4) is 0 Å². The standard InChI is InChI=1S/C24H31N3O2/c1-18(21-9-8-20-4-2-3-5-22(20)16-21)26-24(28)25-17-19-6-10-23(11-7-19)27-12-14-29-15-13-27/h6-11,16,18H,2-5,12-15,17H2,1H3,(H2,25,26,28). The maximum absolute atomic E-state index is 12.4. The van der Waals surface area contributed by atoms with Crippen LogP contribution in [-0.4, -0.2) is 32.3 Å². The number of urea groups is 1. The summed E-state index contributed by atoms with van der Waals surface area (Å²) >= 11 is 0. The first kappa shape index (κ1) is 19.8. The molecule has 0 spiro atoms. The van der Waals surface area contributed by atoms with Gasteiger partial charge in [-0.3, -0.25) is 0 Å². The number of hydrogen-bond donors (Lipinski definition) is 2. The number of aryl methyl sites for hydroxylation is 2. The van der Waals surface area contributed by atoms with Crippen molar-refractivity contribution in [1.29, 1.82) is 0 Å². The average molecular weight is 394 g/mol. The number of fused-ring (bicyclic) bond motifs is 1. The molecule has 2 aromatic carbocycles. The summed E-state index contributed by atoms with van der Waals surface area (Å²) in [5.74, 6) is 0. The number of amides is 2. The van der Waals surface area contributed by atoms with E-state index in [-0.39, 0.29) is 12.1 Å². The Balaban J connectivity index is 1.27. The average Bonchev–Trinajstić information content (AvgIpc) is 2.78. The maximum Gasteiger partial charge on any atom is 0.315 e. The van der Waals surface area contributed by atoms with Gasteiger partial charge in [-0.2, -0.15) is 0 Å². The van der Waals surface area contributed by atoms with E-state index in [0.717, 1.165) is 38.3 Å². The van der Waals surface area contributed by atoms with Gasteiger partial charge in [0.1, 0.15) is 0 Å². The first-order chi connectivity index (χ1) is 14.2. The smallest absolute Gasteiger partial charge is 0.315 e. The second-order valence-electron chi connectivity index (χ2n) is 8.05. The van der Waals surface area contributed by atoms with E-state index >= 15 is 0 Å². The predicted octanol–water partition coefficient (Wildman–Crippen LogP) is 3.96. The Kier molecular flexibility index (Phi) is 6.35. The van der Waals surface area contributed by atoms with Gasteiger partial charge in [0.05, 0.1) is 19.3 Å². The van der Waals surface area contributed by atoms with Gasteiger partial charge in [0.15, 0.2) is 0 Å². The molecule has 5 heteroatoms. The summed E-state index contributed by atoms with van der Waals surface area (Å²) in [7, 11) is 0. The van der Waals surface area contributed by atoms with Gasteiger partial charge >= 0.3 is 6.03 Å². The monoisotopic (exact) mass is 393 g/mol. The van der Waals surface area contributed by atoms with E-state index in [4.69, 9.17) is 4.74 Å². The van der Waals surface area contributed by atoms with Crippen molar-refractivity contribution in [2.45, 2.75) is 45.2 Å². The highest BCUT2D eigenvalue weighted by Crippen LogP contribution is 2.24. The highest BCUT2D eigenvalue weighted by atomic mass is 16.5. The van der Waals surface area contributed by atoms with Crippen molar-refractivity contribution in [3.8, 4) is 0 Å². The minimum atomic E-state index is -0.132. The molecule has 0 aromatic heterocycles. The first-order valence-corrected chi connectivity index (χ1v) is 10.8. The van der Waals surface area contributed by atoms with Crippen molar-refractivity contribution < 1.29 is 9.53 Å². The van der Waals surface area contributed by atoms with E-state index in [0.29, 0.717) is 6.54 Å². The molecule has 4 rings (SSSR count). The van der Waals surface area contributed by atoms with Crippen LogP contribution in [0.1, 0.15) is 48.1 Å². The number of nitrogens with zero attached hydrogens (tertiary/aromatic N) is 1. The van der Waals surface area contributed by atoms with Crippen molar-refractivity contribution in [1.82, 2.24) is 10.6 Å². The Hall–Kier alpha value is -2.53. The third-order valence-electron chi connectivity index (χ3n) is 5.99. The van der Waals surface area contributed by atoms with Gasteiger partial charge in [-0.05, 0) is 67.0 Å². The lowest BCUT2D eigenvalue weighted by molar-refractivity contribution is 0.122. The quantitative estimate of drug-likeness (QED) is 0.808. The molecular formula is C24H31N3O2. The van der Waals surface area contributed by atoms with Gasteiger partial charge < -0.3 is 20.3 Å². The van der Waals surface area contributed by atoms with Crippen LogP contribution in [-0.2, 0) is 24.1 Å². The number of morpholine rings is 1. The molecule has 2 N–H and O–H groups in total. The van der Waals surface area contributed by atoms with Crippen molar-refractivity contribution in [2.24, 2.45) is 0 Å². The molecular weight excluding hydrogens is 362 g/mol. The van der Waals surface area contributed by atoms with Crippen LogP contribution in [0, 0.1) is 0 Å². The SMILES string of the molecule is CC(NC(=O)NCc1ccc(N2CCOCC2)cc1)c1ccc2c(c1)CCCC2. The molecule has 0 radical (unpaired) electrons. The number of ether oxygens (including phenoxy) is 1. The van der Waals surface area contributed by atoms with Gasteiger partial charge in [-0.15, -0.1) is 0 Å². The van der Waals surface area contributed by atoms with Crippen molar-refractivity contribution in [3.63, 3.8) is 0 Å². The van der Waals surface area contributed by atoms with Crippen LogP contribution in [0.25, 0.3) is 0 Å². The number of carbonyl (C=O) groups is 1. The number of hydrogen-bond acceptors (Lipinski definition) is 3. The second kappa shape index (κ2) is 9.31. The number of benzene rings is 2. The third-order valence-corrected chi connectivity index (χ3v) is 5.99. The minimum Gasteiger partial charge on any atom is -0.378 e. The van der Waals surface area contributed by atoms with Gasteiger partial charge in [-0.25, -0.2) is 4.79 Å². The summed E-state index contributed by atoms with van der Waals surface area (Å²) in [5, 5.41) is 6.04. The highest BCUT2D eigenvalue weighted by Gasteiger charge is 2.14. The maximum atomic E-state index is 12.4. The first-order valence-electron chi connectivity index (χ1n) is 10.8. The predicted molar refractivity (Wildman–Crippen MR) is 116 cm³/mol. The van der Waals surface area contributed by atoms with Crippen molar-refractivity contribution in [2.75, 3.05) is 31.2 Å². The number of nitrogens with one attached hydrogen (secondary N) is 2. The normalized spacial score (nSPS) is 17.3. The summed E-state index contributed by atoms with van der Waals surface area (Å²) in [6.07, 6.45) is 4.89. The molecule has 0 bridgehead atoms. The lowest BCUT2D eigenvalue weighted by Crippen LogP contribution is -2.37. The summed E-state index contributed by atoms with van der Waals surface area (Å²) in [4.78, 5) is 14.7. The van der Waals surface area contributed by atoms with Crippen LogP contribution in [0.15, 0.2) is 42.5 Å². The fourth-order valence-corrected chi connectivity index (χ4v) is 4.18. The molecule has 1 fully saturated rings. The Morgan fingerprint density at radius 2 is 1.76 bits per heavy atom. The highest BCUT2D eigenvalue weighted by molar-refractivity contribution is 5.74. The summed E-state index contributed by atoms with van der Waals surface area (Å²) < 4.78 is 5.40. The molecule has 1 atom stereocenters. The van der Waals surface area contributed by atoms with Gasteiger partial charge in [-0.1, -0.05) is 30.3 Å². The lowest BCUT2D eigenvalue weighted by Gasteiger charge is -2.28. The Bertz CT molecular complexity index is 829. The zero-order valence-corrected chi connectivity index (χ0v) is 17.2. The molecule has 5 nitrogen and oxygen atoms in total. The molecule has 2 aromatic rings. The van der Waals surface area contributed by atoms with E-state index in [1.807, 2.05) is 6.92 Å². The van der Waals surface area contributed by atoms with E-state index in [1.165, 1.54) is 41.6 Å². The van der Waals surface area contributed by atoms with Gasteiger partial charge in [0.25, 0.3) is 0 Å². The fraction of sp³-hybridized carbons (Fsp3) is 0.458. The van der Waals surface area contributed by atoms with E-state index in [1.54, 1.807) is 0 Å². The molecule has 2 aliphatic rings. The molecule has 1 saturated heterocycles. The van der Waals surface area contributed by atoms with Crippen LogP contribution in [0.4, 0.5) is 10.5 Å². The molecule has 0 saturated carbocycles.